The van der Waals surface area contributed by atoms with E-state index < -0.39 is 10.0 Å². The Morgan fingerprint density at radius 1 is 1.47 bits per heavy atom. The molecule has 0 radical (unpaired) electrons. The van der Waals surface area contributed by atoms with Crippen LogP contribution < -0.4 is 4.72 Å². The van der Waals surface area contributed by atoms with Gasteiger partial charge in [-0.25, -0.2) is 13.1 Å². The summed E-state index contributed by atoms with van der Waals surface area (Å²) in [7, 11) is -1.75. The van der Waals surface area contributed by atoms with Crippen molar-refractivity contribution in [3.8, 4) is 0 Å². The molecule has 6 heteroatoms. The number of hydrogen-bond acceptors (Lipinski definition) is 3. The lowest BCUT2D eigenvalue weighted by atomic mass is 9.88. The van der Waals surface area contributed by atoms with Crippen LogP contribution in [-0.2, 0) is 23.7 Å². The molecule has 2 rings (SSSR count). The smallest absolute Gasteiger partial charge is 0.242 e. The maximum absolute atomic E-state index is 12.3. The second-order valence-corrected chi connectivity index (χ2v) is 7.24. The van der Waals surface area contributed by atoms with Crippen LogP contribution in [-0.4, -0.2) is 24.1 Å². The minimum Gasteiger partial charge on any atom is -0.390 e. The summed E-state index contributed by atoms with van der Waals surface area (Å²) in [5.41, 5.74) is 0.595. The normalized spacial score (nSPS) is 24.6. The Bertz CT molecular complexity index is 536. The summed E-state index contributed by atoms with van der Waals surface area (Å²) in [4.78, 5) is 0.234. The van der Waals surface area contributed by atoms with Gasteiger partial charge in [0, 0.05) is 25.0 Å². The Labute approximate surface area is 114 Å². The van der Waals surface area contributed by atoms with E-state index in [1.54, 1.807) is 17.8 Å². The first kappa shape index (κ1) is 14.6. The number of nitrogens with zero attached hydrogens (tertiary/aromatic N) is 1. The van der Waals surface area contributed by atoms with Crippen molar-refractivity contribution in [2.75, 3.05) is 0 Å². The predicted octanol–water partition coefficient (Wildman–Crippen LogP) is 1.37. The van der Waals surface area contributed by atoms with Crippen LogP contribution >= 0.6 is 0 Å². The van der Waals surface area contributed by atoms with Gasteiger partial charge in [-0.3, -0.25) is 0 Å². The number of nitrogens with one attached hydrogen (secondary N) is 1. The minimum absolute atomic E-state index is 0.0338. The predicted molar refractivity (Wildman–Crippen MR) is 73.1 cm³/mol. The fourth-order valence-electron chi connectivity index (χ4n) is 2.71. The van der Waals surface area contributed by atoms with Crippen molar-refractivity contribution in [2.24, 2.45) is 13.0 Å². The third-order valence-corrected chi connectivity index (χ3v) is 5.30. The molecule has 0 bridgehead atoms. The van der Waals surface area contributed by atoms with Gasteiger partial charge in [-0.2, -0.15) is 0 Å². The van der Waals surface area contributed by atoms with Crippen molar-refractivity contribution < 1.29 is 13.5 Å². The van der Waals surface area contributed by atoms with Crippen molar-refractivity contribution in [3.63, 3.8) is 0 Å². The molecular weight excluding hydrogens is 264 g/mol. The molecule has 0 amide bonds. The molecule has 19 heavy (non-hydrogen) atoms. The number of aromatic nitrogens is 1. The molecule has 1 fully saturated rings. The lowest BCUT2D eigenvalue weighted by Gasteiger charge is -2.27. The molecule has 1 aliphatic carbocycles. The molecule has 2 atom stereocenters. The molecule has 1 aromatic rings. The molecule has 1 aliphatic rings. The number of aryl methyl sites for hydroxylation is 1. The van der Waals surface area contributed by atoms with Crippen molar-refractivity contribution in [2.45, 2.75) is 50.2 Å². The van der Waals surface area contributed by atoms with Gasteiger partial charge in [-0.05, 0) is 24.8 Å². The molecule has 0 spiro atoms. The number of aliphatic hydroxyl groups is 1. The first-order chi connectivity index (χ1) is 8.92. The van der Waals surface area contributed by atoms with Crippen molar-refractivity contribution in [3.05, 3.63) is 18.0 Å². The lowest BCUT2D eigenvalue weighted by molar-refractivity contribution is 0.272. The highest BCUT2D eigenvalue weighted by atomic mass is 32.2. The Hall–Kier alpha value is -0.850. The van der Waals surface area contributed by atoms with Gasteiger partial charge >= 0.3 is 0 Å². The van der Waals surface area contributed by atoms with Crippen LogP contribution in [0.15, 0.2) is 17.2 Å². The fourth-order valence-corrected chi connectivity index (χ4v) is 4.09. The Morgan fingerprint density at radius 3 is 2.79 bits per heavy atom. The second kappa shape index (κ2) is 5.64. The highest BCUT2D eigenvalue weighted by Gasteiger charge is 2.25. The van der Waals surface area contributed by atoms with Crippen molar-refractivity contribution >= 4 is 10.0 Å². The maximum Gasteiger partial charge on any atom is 0.242 e. The number of hydrogen-bond donors (Lipinski definition) is 2. The van der Waals surface area contributed by atoms with Crippen molar-refractivity contribution in [1.82, 2.24) is 9.29 Å². The van der Waals surface area contributed by atoms with Crippen LogP contribution in [0.4, 0.5) is 0 Å². The largest absolute Gasteiger partial charge is 0.390 e. The summed E-state index contributed by atoms with van der Waals surface area (Å²) in [6, 6.07) is 1.56. The molecule has 2 N–H and O–H groups in total. The molecule has 2 unspecified atom stereocenters. The average molecular weight is 286 g/mol. The maximum atomic E-state index is 12.3. The highest BCUT2D eigenvalue weighted by Crippen LogP contribution is 2.25. The summed E-state index contributed by atoms with van der Waals surface area (Å²) in [5, 5.41) is 9.12. The monoisotopic (exact) mass is 286 g/mol. The van der Waals surface area contributed by atoms with Gasteiger partial charge in [0.1, 0.15) is 0 Å². The number of rotatable bonds is 4. The van der Waals surface area contributed by atoms with Crippen LogP contribution in [0.3, 0.4) is 0 Å². The van der Waals surface area contributed by atoms with Crippen LogP contribution in [0.2, 0.25) is 0 Å². The van der Waals surface area contributed by atoms with Gasteiger partial charge in [0.05, 0.1) is 11.5 Å². The number of aliphatic hydroxyl groups excluding tert-OH is 1. The van der Waals surface area contributed by atoms with Gasteiger partial charge in [0.2, 0.25) is 10.0 Å². The van der Waals surface area contributed by atoms with E-state index in [9.17, 15) is 8.42 Å². The SMILES string of the molecule is CC1CCCC(NS(=O)(=O)c2cc(CO)n(C)c2)C1. The standard InChI is InChI=1S/C13H22N2O3S/c1-10-4-3-5-11(6-10)14-19(17,18)13-7-12(9-16)15(2)8-13/h7-8,10-11,14,16H,3-6,9H2,1-2H3. The molecule has 0 aromatic carbocycles. The lowest BCUT2D eigenvalue weighted by Crippen LogP contribution is -2.37. The average Bonchev–Trinajstić information content (AvgIpc) is 2.71. The molecule has 0 aliphatic heterocycles. The highest BCUT2D eigenvalue weighted by molar-refractivity contribution is 7.89. The fraction of sp³-hybridized carbons (Fsp3) is 0.692. The topological polar surface area (TPSA) is 71.3 Å². The first-order valence-corrected chi connectivity index (χ1v) is 8.19. The van der Waals surface area contributed by atoms with Gasteiger partial charge in [-0.15, -0.1) is 0 Å². The molecular formula is C13H22N2O3S. The van der Waals surface area contributed by atoms with E-state index in [1.807, 2.05) is 0 Å². The van der Waals surface area contributed by atoms with Gasteiger partial charge in [0.15, 0.2) is 0 Å². The summed E-state index contributed by atoms with van der Waals surface area (Å²) < 4.78 is 29.0. The van der Waals surface area contributed by atoms with E-state index in [4.69, 9.17) is 5.11 Å². The summed E-state index contributed by atoms with van der Waals surface area (Å²) in [6.07, 6.45) is 5.60. The Balaban J connectivity index is 2.13. The molecule has 108 valence electrons. The summed E-state index contributed by atoms with van der Waals surface area (Å²) in [5.74, 6) is 0.574. The second-order valence-electron chi connectivity index (χ2n) is 5.53. The zero-order valence-electron chi connectivity index (χ0n) is 11.5. The molecule has 1 saturated carbocycles. The third kappa shape index (κ3) is 3.38. The van der Waals surface area contributed by atoms with E-state index in [1.165, 1.54) is 12.5 Å². The van der Waals surface area contributed by atoms with Gasteiger partial charge in [-0.1, -0.05) is 19.8 Å². The van der Waals surface area contributed by atoms with Crippen LogP contribution in [0.25, 0.3) is 0 Å². The Morgan fingerprint density at radius 2 is 2.21 bits per heavy atom. The Kier molecular flexibility index (Phi) is 4.32. The van der Waals surface area contributed by atoms with E-state index in [2.05, 4.69) is 11.6 Å². The minimum atomic E-state index is -3.48. The third-order valence-electron chi connectivity index (χ3n) is 3.81. The quantitative estimate of drug-likeness (QED) is 0.878. The van der Waals surface area contributed by atoms with Gasteiger partial charge in [0.25, 0.3) is 0 Å². The summed E-state index contributed by atoms with van der Waals surface area (Å²) in [6.45, 7) is 2.00. The van der Waals surface area contributed by atoms with Gasteiger partial charge < -0.3 is 9.67 Å². The zero-order valence-corrected chi connectivity index (χ0v) is 12.3. The first-order valence-electron chi connectivity index (χ1n) is 6.71. The molecule has 1 heterocycles. The van der Waals surface area contributed by atoms with E-state index in [0.717, 1.165) is 19.3 Å². The van der Waals surface area contributed by atoms with E-state index >= 15 is 0 Å². The number of sulfonamides is 1. The van der Waals surface area contributed by atoms with E-state index in [-0.39, 0.29) is 17.5 Å². The van der Waals surface area contributed by atoms with Crippen LogP contribution in [0.5, 0.6) is 0 Å². The summed E-state index contributed by atoms with van der Waals surface area (Å²) >= 11 is 0. The van der Waals surface area contributed by atoms with Crippen LogP contribution in [0.1, 0.15) is 38.3 Å². The molecule has 0 saturated heterocycles. The van der Waals surface area contributed by atoms with Crippen LogP contribution in [0, 0.1) is 5.92 Å². The van der Waals surface area contributed by atoms with Crippen molar-refractivity contribution in [1.29, 1.82) is 0 Å². The zero-order chi connectivity index (χ0) is 14.0. The van der Waals surface area contributed by atoms with E-state index in [0.29, 0.717) is 11.6 Å². The molecule has 1 aromatic heterocycles. The molecule has 5 nitrogen and oxygen atoms in total.